The summed E-state index contributed by atoms with van der Waals surface area (Å²) in [6, 6.07) is 3.11. The second kappa shape index (κ2) is 14.4. The fraction of sp³-hybridized carbons (Fsp3) is 0.548. The Kier molecular flexibility index (Phi) is 10.6. The maximum atomic E-state index is 14.3. The van der Waals surface area contributed by atoms with Crippen LogP contribution in [0, 0.1) is 5.82 Å². The molecule has 0 aliphatic carbocycles. The molecule has 244 valence electrons. The van der Waals surface area contributed by atoms with Crippen LogP contribution >= 0.6 is 11.3 Å². The number of nitrogens with zero attached hydrogens (tertiary/aromatic N) is 6. The van der Waals surface area contributed by atoms with Crippen molar-refractivity contribution in [2.24, 2.45) is 0 Å². The Labute approximate surface area is 264 Å². The van der Waals surface area contributed by atoms with Gasteiger partial charge in [-0.3, -0.25) is 19.6 Å². The number of anilines is 2. The molecule has 14 heteroatoms. The highest BCUT2D eigenvalue weighted by Gasteiger charge is 2.32. The largest absolute Gasteiger partial charge is 0.466 e. The summed E-state index contributed by atoms with van der Waals surface area (Å²) in [5.41, 5.74) is 0.0930. The predicted octanol–water partition coefficient (Wildman–Crippen LogP) is 5.82. The van der Waals surface area contributed by atoms with Gasteiger partial charge in [0, 0.05) is 55.2 Å². The van der Waals surface area contributed by atoms with Crippen molar-refractivity contribution in [3.8, 4) is 11.3 Å². The van der Waals surface area contributed by atoms with Crippen molar-refractivity contribution in [2.75, 3.05) is 49.5 Å². The molecule has 45 heavy (non-hydrogen) atoms. The Hall–Kier alpha value is -3.36. The average molecular weight is 650 g/mol. The molecule has 0 radical (unpaired) electrons. The van der Waals surface area contributed by atoms with Gasteiger partial charge in [0.15, 0.2) is 5.13 Å². The first-order valence-electron chi connectivity index (χ1n) is 15.3. The van der Waals surface area contributed by atoms with Gasteiger partial charge >= 0.3 is 12.1 Å². The summed E-state index contributed by atoms with van der Waals surface area (Å²) in [5, 5.41) is 3.76. The van der Waals surface area contributed by atoms with E-state index in [0.29, 0.717) is 61.3 Å². The number of hydrogen-bond donors (Lipinski definition) is 1. The van der Waals surface area contributed by atoms with Gasteiger partial charge < -0.3 is 15.0 Å². The highest BCUT2D eigenvalue weighted by Crippen LogP contribution is 2.38. The van der Waals surface area contributed by atoms with Crippen molar-refractivity contribution < 1.29 is 27.1 Å². The Bertz CT molecular complexity index is 1450. The maximum absolute atomic E-state index is 14.3. The van der Waals surface area contributed by atoms with Crippen LogP contribution in [0.4, 0.5) is 28.5 Å². The molecule has 2 saturated heterocycles. The quantitative estimate of drug-likeness (QED) is 0.204. The number of thiazole rings is 1. The lowest BCUT2D eigenvalue weighted by molar-refractivity contribution is -0.143. The lowest BCUT2D eigenvalue weighted by Crippen LogP contribution is -2.52. The molecule has 2 atom stereocenters. The third-order valence-electron chi connectivity index (χ3n) is 8.29. The van der Waals surface area contributed by atoms with E-state index in [-0.39, 0.29) is 17.6 Å². The third kappa shape index (κ3) is 8.47. The van der Waals surface area contributed by atoms with Gasteiger partial charge in [-0.15, -0.1) is 11.3 Å². The van der Waals surface area contributed by atoms with Gasteiger partial charge in [0.05, 0.1) is 48.9 Å². The summed E-state index contributed by atoms with van der Waals surface area (Å²) >= 11 is 1.36. The van der Waals surface area contributed by atoms with E-state index in [9.17, 15) is 22.4 Å². The molecule has 0 spiro atoms. The van der Waals surface area contributed by atoms with Crippen LogP contribution in [0.3, 0.4) is 0 Å². The molecule has 2 aromatic heterocycles. The van der Waals surface area contributed by atoms with E-state index in [1.807, 2.05) is 0 Å². The van der Waals surface area contributed by atoms with Crippen molar-refractivity contribution in [1.29, 1.82) is 0 Å². The molecule has 1 N–H and O–H groups in total. The summed E-state index contributed by atoms with van der Waals surface area (Å²) in [5.74, 6) is -0.370. The number of alkyl halides is 3. The van der Waals surface area contributed by atoms with Crippen LogP contribution in [0.2, 0.25) is 0 Å². The lowest BCUT2D eigenvalue weighted by atomic mass is 10.1. The van der Waals surface area contributed by atoms with Gasteiger partial charge in [0.25, 0.3) is 0 Å². The molecule has 3 aromatic rings. The minimum atomic E-state index is -4.67. The number of nitrogens with one attached hydrogen (secondary N) is 1. The number of piperazine rings is 1. The monoisotopic (exact) mass is 649 g/mol. The molecular formula is C31H39F4N7O2S. The molecule has 0 amide bonds. The average Bonchev–Trinajstić information content (AvgIpc) is 3.60. The van der Waals surface area contributed by atoms with E-state index >= 15 is 0 Å². The van der Waals surface area contributed by atoms with E-state index in [4.69, 9.17) is 4.74 Å². The summed E-state index contributed by atoms with van der Waals surface area (Å²) in [6.07, 6.45) is 1.25. The molecular weight excluding hydrogens is 610 g/mol. The van der Waals surface area contributed by atoms with Crippen LogP contribution in [0.25, 0.3) is 11.3 Å². The number of hydrogen-bond acceptors (Lipinski definition) is 10. The van der Waals surface area contributed by atoms with Gasteiger partial charge in [-0.2, -0.15) is 13.2 Å². The number of rotatable bonds is 11. The zero-order chi connectivity index (χ0) is 32.1. The van der Waals surface area contributed by atoms with Crippen LogP contribution in [-0.4, -0.2) is 82.1 Å². The number of halogens is 4. The maximum Gasteiger partial charge on any atom is 0.416 e. The summed E-state index contributed by atoms with van der Waals surface area (Å²) in [7, 11) is 0. The molecule has 0 unspecified atom stereocenters. The topological polar surface area (TPSA) is 86.7 Å². The van der Waals surface area contributed by atoms with E-state index < -0.39 is 17.6 Å². The molecule has 4 heterocycles. The first kappa shape index (κ1) is 33.0. The Balaban J connectivity index is 1.25. The SMILES string of the molecule is CCOC(=O)CCN1CCN(c2cnc(CNc3nc(-c4cc(F)cc(C(F)(F)F)c4)c(CN4CCC[C@H]4C)s3)cn2)[C@@H](C)C1. The molecule has 2 aliphatic rings. The number of benzene rings is 1. The molecule has 2 fully saturated rings. The second-order valence-corrected chi connectivity index (χ2v) is 12.7. The van der Waals surface area contributed by atoms with E-state index in [1.54, 1.807) is 19.3 Å². The number of carbonyl (C=O) groups excluding carboxylic acids is 1. The number of esters is 1. The van der Waals surface area contributed by atoms with Gasteiger partial charge in [-0.25, -0.2) is 14.4 Å². The van der Waals surface area contributed by atoms with Crippen LogP contribution in [0.5, 0.6) is 0 Å². The zero-order valence-electron chi connectivity index (χ0n) is 25.7. The molecule has 5 rings (SSSR count). The fourth-order valence-electron chi connectivity index (χ4n) is 5.87. The van der Waals surface area contributed by atoms with Crippen molar-refractivity contribution >= 4 is 28.3 Å². The van der Waals surface area contributed by atoms with E-state index in [2.05, 4.69) is 48.8 Å². The Morgan fingerprint density at radius 2 is 1.93 bits per heavy atom. The standard InChI is InChI=1S/C31H39F4N7O2S/c1-4-44-28(43)7-9-40-10-11-42(21(3)18-40)27-17-36-25(15-37-27)16-38-30-39-29(26(45-30)19-41-8-5-6-20(41)2)22-12-23(31(33,34)35)14-24(32)13-22/h12-15,17,20-21H,4-11,16,18-19H2,1-3H3,(H,38,39)/t20-,21+/m1/s1. The second-order valence-electron chi connectivity index (χ2n) is 11.6. The lowest BCUT2D eigenvalue weighted by Gasteiger charge is -2.40. The number of ether oxygens (including phenoxy) is 1. The normalized spacial score (nSPS) is 19.7. The van der Waals surface area contributed by atoms with Gasteiger partial charge in [0.2, 0.25) is 0 Å². The van der Waals surface area contributed by atoms with Crippen molar-refractivity contribution in [3.05, 3.63) is 52.5 Å². The fourth-order valence-corrected chi connectivity index (χ4v) is 6.88. The summed E-state index contributed by atoms with van der Waals surface area (Å²) in [4.78, 5) is 33.1. The smallest absolute Gasteiger partial charge is 0.416 e. The van der Waals surface area contributed by atoms with Crippen molar-refractivity contribution in [3.63, 3.8) is 0 Å². The van der Waals surface area contributed by atoms with Crippen LogP contribution in [0.1, 0.15) is 56.2 Å². The molecule has 9 nitrogen and oxygen atoms in total. The minimum Gasteiger partial charge on any atom is -0.466 e. The van der Waals surface area contributed by atoms with Crippen LogP contribution in [0.15, 0.2) is 30.6 Å². The van der Waals surface area contributed by atoms with E-state index in [1.165, 1.54) is 11.3 Å². The number of carbonyl (C=O) groups is 1. The van der Waals surface area contributed by atoms with Gasteiger partial charge in [-0.05, 0) is 58.4 Å². The van der Waals surface area contributed by atoms with Crippen molar-refractivity contribution in [2.45, 2.75) is 71.4 Å². The highest BCUT2D eigenvalue weighted by molar-refractivity contribution is 7.16. The Morgan fingerprint density at radius 3 is 2.60 bits per heavy atom. The minimum absolute atomic E-state index is 0.104. The van der Waals surface area contributed by atoms with Crippen LogP contribution < -0.4 is 10.2 Å². The summed E-state index contributed by atoms with van der Waals surface area (Å²) < 4.78 is 59.8. The molecule has 1 aromatic carbocycles. The highest BCUT2D eigenvalue weighted by atomic mass is 32.1. The molecule has 0 bridgehead atoms. The molecule has 2 aliphatic heterocycles. The first-order valence-corrected chi connectivity index (χ1v) is 16.1. The Morgan fingerprint density at radius 1 is 1.11 bits per heavy atom. The third-order valence-corrected chi connectivity index (χ3v) is 9.29. The summed E-state index contributed by atoms with van der Waals surface area (Å²) in [6.45, 7) is 11.2. The number of aromatic nitrogens is 3. The number of likely N-dealkylation sites (tertiary alicyclic amines) is 1. The molecule has 0 saturated carbocycles. The zero-order valence-corrected chi connectivity index (χ0v) is 26.6. The van der Waals surface area contributed by atoms with Crippen LogP contribution in [-0.2, 0) is 28.8 Å². The predicted molar refractivity (Wildman–Crippen MR) is 165 cm³/mol. The van der Waals surface area contributed by atoms with Crippen molar-refractivity contribution in [1.82, 2.24) is 24.8 Å². The van der Waals surface area contributed by atoms with Gasteiger partial charge in [-0.1, -0.05) is 0 Å². The van der Waals surface area contributed by atoms with E-state index in [0.717, 1.165) is 61.8 Å². The first-order chi connectivity index (χ1) is 21.5. The van der Waals surface area contributed by atoms with Gasteiger partial charge in [0.1, 0.15) is 11.6 Å².